The minimum atomic E-state index is -0.184. The molecule has 2 aromatic carbocycles. The Labute approximate surface area is 143 Å². The van der Waals surface area contributed by atoms with E-state index in [1.165, 1.54) is 6.08 Å². The summed E-state index contributed by atoms with van der Waals surface area (Å²) in [5.74, 6) is 1.10. The molecule has 114 valence electrons. The van der Waals surface area contributed by atoms with Gasteiger partial charge in [-0.15, -0.1) is 0 Å². The zero-order valence-corrected chi connectivity index (χ0v) is 14.5. The van der Waals surface area contributed by atoms with Gasteiger partial charge in [-0.25, -0.2) is 0 Å². The van der Waals surface area contributed by atoms with E-state index < -0.39 is 0 Å². The standard InChI is InChI=1S/C17H16INO3/c1-21-15-9-3-12(11-16(15)22-2)4-10-17(20)19-14-7-5-13(18)6-8-14/h3-11H,1-2H3,(H,19,20). The molecule has 2 aromatic rings. The van der Waals surface area contributed by atoms with Gasteiger partial charge in [-0.1, -0.05) is 6.07 Å². The number of carbonyl (C=O) groups is 1. The number of methoxy groups -OCH3 is 2. The fraction of sp³-hybridized carbons (Fsp3) is 0.118. The molecule has 2 rings (SSSR count). The predicted octanol–water partition coefficient (Wildman–Crippen LogP) is 3.96. The Bertz CT molecular complexity index is 681. The Hall–Kier alpha value is -2.02. The number of carbonyl (C=O) groups excluding carboxylic acids is 1. The highest BCUT2D eigenvalue weighted by atomic mass is 127. The first-order valence-electron chi connectivity index (χ1n) is 6.59. The van der Waals surface area contributed by atoms with Crippen molar-refractivity contribution in [3.8, 4) is 11.5 Å². The van der Waals surface area contributed by atoms with Crippen LogP contribution in [-0.2, 0) is 4.79 Å². The lowest BCUT2D eigenvalue weighted by Crippen LogP contribution is -2.07. The van der Waals surface area contributed by atoms with Gasteiger partial charge in [0, 0.05) is 15.3 Å². The molecule has 0 atom stereocenters. The summed E-state index contributed by atoms with van der Waals surface area (Å²) in [6.07, 6.45) is 3.21. The first-order valence-corrected chi connectivity index (χ1v) is 7.67. The van der Waals surface area contributed by atoms with E-state index in [2.05, 4.69) is 27.9 Å². The molecule has 1 N–H and O–H groups in total. The topological polar surface area (TPSA) is 47.6 Å². The van der Waals surface area contributed by atoms with Gasteiger partial charge in [-0.05, 0) is 70.6 Å². The van der Waals surface area contributed by atoms with Crippen molar-refractivity contribution in [2.24, 2.45) is 0 Å². The fourth-order valence-electron chi connectivity index (χ4n) is 1.85. The third kappa shape index (κ3) is 4.49. The maximum atomic E-state index is 11.9. The van der Waals surface area contributed by atoms with Crippen LogP contribution in [0, 0.1) is 3.57 Å². The molecule has 0 radical (unpaired) electrons. The molecule has 0 unspecified atom stereocenters. The van der Waals surface area contributed by atoms with Gasteiger partial charge in [-0.2, -0.15) is 0 Å². The van der Waals surface area contributed by atoms with Crippen molar-refractivity contribution in [3.63, 3.8) is 0 Å². The molecule has 0 aliphatic carbocycles. The molecule has 4 nitrogen and oxygen atoms in total. The quantitative estimate of drug-likeness (QED) is 0.601. The number of amides is 1. The average Bonchev–Trinajstić information content (AvgIpc) is 2.54. The molecule has 0 aromatic heterocycles. The molecule has 0 spiro atoms. The van der Waals surface area contributed by atoms with Crippen molar-refractivity contribution < 1.29 is 14.3 Å². The number of hydrogen-bond donors (Lipinski definition) is 1. The molecule has 0 heterocycles. The van der Waals surface area contributed by atoms with Crippen LogP contribution in [0.25, 0.3) is 6.08 Å². The number of nitrogens with one attached hydrogen (secondary N) is 1. The molecule has 0 bridgehead atoms. The maximum Gasteiger partial charge on any atom is 0.248 e. The van der Waals surface area contributed by atoms with Crippen molar-refractivity contribution in [2.75, 3.05) is 19.5 Å². The fourth-order valence-corrected chi connectivity index (χ4v) is 2.21. The van der Waals surface area contributed by atoms with Crippen LogP contribution in [0.15, 0.2) is 48.5 Å². The average molecular weight is 409 g/mol. The van der Waals surface area contributed by atoms with Gasteiger partial charge < -0.3 is 14.8 Å². The Morgan fingerprint density at radius 2 is 1.73 bits per heavy atom. The molecule has 22 heavy (non-hydrogen) atoms. The van der Waals surface area contributed by atoms with Gasteiger partial charge in [0.2, 0.25) is 5.91 Å². The van der Waals surface area contributed by atoms with E-state index in [9.17, 15) is 4.79 Å². The smallest absolute Gasteiger partial charge is 0.248 e. The van der Waals surface area contributed by atoms with E-state index in [4.69, 9.17) is 9.47 Å². The first kappa shape index (κ1) is 16.4. The van der Waals surface area contributed by atoms with Gasteiger partial charge in [0.1, 0.15) is 0 Å². The molecular weight excluding hydrogens is 393 g/mol. The van der Waals surface area contributed by atoms with E-state index in [1.54, 1.807) is 26.4 Å². The highest BCUT2D eigenvalue weighted by Gasteiger charge is 2.03. The third-order valence-electron chi connectivity index (χ3n) is 2.95. The SMILES string of the molecule is COc1ccc(C=CC(=O)Nc2ccc(I)cc2)cc1OC. The van der Waals surface area contributed by atoms with Crippen molar-refractivity contribution in [1.29, 1.82) is 0 Å². The van der Waals surface area contributed by atoms with E-state index in [0.29, 0.717) is 11.5 Å². The van der Waals surface area contributed by atoms with Crippen molar-refractivity contribution in [3.05, 3.63) is 57.7 Å². The minimum Gasteiger partial charge on any atom is -0.493 e. The van der Waals surface area contributed by atoms with Gasteiger partial charge in [-0.3, -0.25) is 4.79 Å². The Morgan fingerprint density at radius 1 is 1.05 bits per heavy atom. The zero-order valence-electron chi connectivity index (χ0n) is 12.3. The number of ether oxygens (including phenoxy) is 2. The monoisotopic (exact) mass is 409 g/mol. The highest BCUT2D eigenvalue weighted by Crippen LogP contribution is 2.27. The van der Waals surface area contributed by atoms with Gasteiger partial charge in [0.15, 0.2) is 11.5 Å². The summed E-state index contributed by atoms with van der Waals surface area (Å²) in [4.78, 5) is 11.9. The largest absolute Gasteiger partial charge is 0.493 e. The van der Waals surface area contributed by atoms with Gasteiger partial charge in [0.25, 0.3) is 0 Å². The molecule has 0 saturated carbocycles. The van der Waals surface area contributed by atoms with Crippen LogP contribution in [0.5, 0.6) is 11.5 Å². The summed E-state index contributed by atoms with van der Waals surface area (Å²) in [6, 6.07) is 13.1. The van der Waals surface area contributed by atoms with Gasteiger partial charge >= 0.3 is 0 Å². The lowest BCUT2D eigenvalue weighted by Gasteiger charge is -2.07. The van der Waals surface area contributed by atoms with Crippen LogP contribution < -0.4 is 14.8 Å². The molecule has 5 heteroatoms. The van der Waals surface area contributed by atoms with E-state index >= 15 is 0 Å². The first-order chi connectivity index (χ1) is 10.6. The number of halogens is 1. The number of anilines is 1. The summed E-state index contributed by atoms with van der Waals surface area (Å²) in [5, 5.41) is 2.81. The normalized spacial score (nSPS) is 10.5. The number of rotatable bonds is 5. The van der Waals surface area contributed by atoms with Crippen LogP contribution in [0.1, 0.15) is 5.56 Å². The lowest BCUT2D eigenvalue weighted by atomic mass is 10.2. The maximum absolute atomic E-state index is 11.9. The second-order valence-electron chi connectivity index (χ2n) is 4.44. The second kappa shape index (κ2) is 7.84. The van der Waals surface area contributed by atoms with E-state index in [0.717, 1.165) is 14.8 Å². The summed E-state index contributed by atoms with van der Waals surface area (Å²) < 4.78 is 11.5. The predicted molar refractivity (Wildman–Crippen MR) is 96.4 cm³/mol. The van der Waals surface area contributed by atoms with E-state index in [1.807, 2.05) is 36.4 Å². The van der Waals surface area contributed by atoms with E-state index in [-0.39, 0.29) is 5.91 Å². The molecule has 1 amide bonds. The van der Waals surface area contributed by atoms with Crippen LogP contribution in [0.3, 0.4) is 0 Å². The summed E-state index contributed by atoms with van der Waals surface area (Å²) in [6.45, 7) is 0. The summed E-state index contributed by atoms with van der Waals surface area (Å²) in [5.41, 5.74) is 1.62. The van der Waals surface area contributed by atoms with Crippen LogP contribution >= 0.6 is 22.6 Å². The lowest BCUT2D eigenvalue weighted by molar-refractivity contribution is -0.111. The van der Waals surface area contributed by atoms with Crippen molar-refractivity contribution in [1.82, 2.24) is 0 Å². The number of hydrogen-bond acceptors (Lipinski definition) is 3. The summed E-state index contributed by atoms with van der Waals surface area (Å²) >= 11 is 2.22. The Kier molecular flexibility index (Phi) is 5.83. The van der Waals surface area contributed by atoms with Crippen LogP contribution in [0.2, 0.25) is 0 Å². The van der Waals surface area contributed by atoms with Crippen molar-refractivity contribution >= 4 is 40.3 Å². The molecule has 0 fully saturated rings. The Balaban J connectivity index is 2.04. The van der Waals surface area contributed by atoms with Gasteiger partial charge in [0.05, 0.1) is 14.2 Å². The third-order valence-corrected chi connectivity index (χ3v) is 3.67. The van der Waals surface area contributed by atoms with Crippen LogP contribution in [0.4, 0.5) is 5.69 Å². The highest BCUT2D eigenvalue weighted by molar-refractivity contribution is 14.1. The second-order valence-corrected chi connectivity index (χ2v) is 5.69. The minimum absolute atomic E-state index is 0.184. The molecule has 0 saturated heterocycles. The Morgan fingerprint density at radius 3 is 2.36 bits per heavy atom. The van der Waals surface area contributed by atoms with Crippen molar-refractivity contribution in [2.45, 2.75) is 0 Å². The zero-order chi connectivity index (χ0) is 15.9. The molecule has 0 aliphatic rings. The molecule has 0 aliphatic heterocycles. The number of benzene rings is 2. The van der Waals surface area contributed by atoms with Crippen LogP contribution in [-0.4, -0.2) is 20.1 Å². The molecular formula is C17H16INO3. The summed E-state index contributed by atoms with van der Waals surface area (Å²) in [7, 11) is 3.16.